The lowest BCUT2D eigenvalue weighted by molar-refractivity contribution is -0.142. The molecule has 7 heteroatoms. The van der Waals surface area contributed by atoms with Crippen LogP contribution in [0.4, 0.5) is 4.79 Å². The van der Waals surface area contributed by atoms with E-state index in [0.717, 1.165) is 35.1 Å². The van der Waals surface area contributed by atoms with Crippen molar-refractivity contribution in [3.8, 4) is 11.1 Å². The zero-order chi connectivity index (χ0) is 22.7. The standard InChI is InChI=1S/C25H28N2O5/c1-15(23(28)27-22(24(29)30)12-16-10-11-16)13-26-25(31)32-14-21-19-8-4-2-6-17(19)18-7-3-5-9-20(18)21/h2-9,15-16,21-22H,10-14H2,1H3,(H,26,31)(H,27,28)(H,29,30). The van der Waals surface area contributed by atoms with Crippen LogP contribution in [0, 0.1) is 11.8 Å². The Labute approximate surface area is 187 Å². The van der Waals surface area contributed by atoms with Gasteiger partial charge >= 0.3 is 12.1 Å². The number of nitrogens with one attached hydrogen (secondary N) is 2. The Kier molecular flexibility index (Phi) is 6.44. The zero-order valence-electron chi connectivity index (χ0n) is 18.0. The van der Waals surface area contributed by atoms with Crippen molar-refractivity contribution in [2.45, 2.75) is 38.1 Å². The van der Waals surface area contributed by atoms with E-state index in [1.54, 1.807) is 6.92 Å². The number of hydrogen-bond donors (Lipinski definition) is 3. The quantitative estimate of drug-likeness (QED) is 0.558. The average molecular weight is 437 g/mol. The maximum Gasteiger partial charge on any atom is 0.407 e. The molecule has 2 aromatic rings. The number of carboxylic acids is 1. The topological polar surface area (TPSA) is 105 Å². The molecule has 32 heavy (non-hydrogen) atoms. The van der Waals surface area contributed by atoms with Crippen LogP contribution >= 0.6 is 0 Å². The molecule has 0 saturated heterocycles. The molecular formula is C25H28N2O5. The Morgan fingerprint density at radius 1 is 1.03 bits per heavy atom. The van der Waals surface area contributed by atoms with E-state index in [0.29, 0.717) is 12.3 Å². The van der Waals surface area contributed by atoms with Crippen molar-refractivity contribution in [3.63, 3.8) is 0 Å². The fourth-order valence-corrected chi connectivity index (χ4v) is 4.20. The molecule has 4 rings (SSSR count). The number of fused-ring (bicyclic) bond motifs is 3. The predicted molar refractivity (Wildman–Crippen MR) is 119 cm³/mol. The lowest BCUT2D eigenvalue weighted by Crippen LogP contribution is -2.45. The van der Waals surface area contributed by atoms with E-state index in [1.807, 2.05) is 36.4 Å². The van der Waals surface area contributed by atoms with Crippen molar-refractivity contribution in [2.24, 2.45) is 11.8 Å². The molecule has 0 aromatic heterocycles. The highest BCUT2D eigenvalue weighted by atomic mass is 16.5. The lowest BCUT2D eigenvalue weighted by atomic mass is 9.98. The minimum absolute atomic E-state index is 0.0346. The molecule has 2 amide bonds. The summed E-state index contributed by atoms with van der Waals surface area (Å²) in [5.74, 6) is -1.64. The Hall–Kier alpha value is -3.35. The number of hydrogen-bond acceptors (Lipinski definition) is 4. The van der Waals surface area contributed by atoms with E-state index in [-0.39, 0.29) is 19.1 Å². The van der Waals surface area contributed by atoms with Crippen LogP contribution in [-0.2, 0) is 14.3 Å². The Bertz CT molecular complexity index is 971. The fourth-order valence-electron chi connectivity index (χ4n) is 4.20. The third kappa shape index (κ3) is 4.93. The van der Waals surface area contributed by atoms with Crippen LogP contribution < -0.4 is 10.6 Å². The predicted octanol–water partition coefficient (Wildman–Crippen LogP) is 3.53. The smallest absolute Gasteiger partial charge is 0.407 e. The molecule has 0 radical (unpaired) electrons. The number of alkyl carbamates (subject to hydrolysis) is 1. The summed E-state index contributed by atoms with van der Waals surface area (Å²) < 4.78 is 5.47. The highest BCUT2D eigenvalue weighted by Crippen LogP contribution is 2.44. The van der Waals surface area contributed by atoms with Crippen LogP contribution in [0.1, 0.15) is 43.2 Å². The molecule has 2 atom stereocenters. The van der Waals surface area contributed by atoms with Gasteiger partial charge in [0.1, 0.15) is 12.6 Å². The molecule has 7 nitrogen and oxygen atoms in total. The van der Waals surface area contributed by atoms with Crippen LogP contribution in [0.5, 0.6) is 0 Å². The van der Waals surface area contributed by atoms with Crippen molar-refractivity contribution in [2.75, 3.05) is 13.2 Å². The molecule has 3 N–H and O–H groups in total. The number of amides is 2. The average Bonchev–Trinajstić information content (AvgIpc) is 3.56. The summed E-state index contributed by atoms with van der Waals surface area (Å²) in [4.78, 5) is 36.0. The highest BCUT2D eigenvalue weighted by molar-refractivity contribution is 5.85. The van der Waals surface area contributed by atoms with Gasteiger partial charge in [0.25, 0.3) is 0 Å². The van der Waals surface area contributed by atoms with Crippen molar-refractivity contribution in [3.05, 3.63) is 59.7 Å². The molecule has 2 unspecified atom stereocenters. The Balaban J connectivity index is 1.27. The molecule has 2 aliphatic rings. The summed E-state index contributed by atoms with van der Waals surface area (Å²) in [7, 11) is 0. The van der Waals surface area contributed by atoms with Crippen LogP contribution in [0.25, 0.3) is 11.1 Å². The third-order valence-corrected chi connectivity index (χ3v) is 6.22. The molecular weight excluding hydrogens is 408 g/mol. The minimum atomic E-state index is -1.03. The zero-order valence-corrected chi connectivity index (χ0v) is 18.0. The van der Waals surface area contributed by atoms with Crippen LogP contribution in [0.2, 0.25) is 0 Å². The van der Waals surface area contributed by atoms with E-state index in [4.69, 9.17) is 4.74 Å². The van der Waals surface area contributed by atoms with E-state index in [2.05, 4.69) is 22.8 Å². The van der Waals surface area contributed by atoms with Crippen molar-refractivity contribution < 1.29 is 24.2 Å². The molecule has 168 valence electrons. The first-order chi connectivity index (χ1) is 15.4. The van der Waals surface area contributed by atoms with Gasteiger partial charge < -0.3 is 20.5 Å². The number of carboxylic acid groups (broad SMARTS) is 1. The highest BCUT2D eigenvalue weighted by Gasteiger charge is 2.31. The molecule has 0 aliphatic heterocycles. The van der Waals surface area contributed by atoms with Gasteiger partial charge in [-0.2, -0.15) is 0 Å². The third-order valence-electron chi connectivity index (χ3n) is 6.22. The van der Waals surface area contributed by atoms with Gasteiger partial charge in [-0.15, -0.1) is 0 Å². The number of ether oxygens (including phenoxy) is 1. The normalized spacial score (nSPS) is 16.4. The van der Waals surface area contributed by atoms with Gasteiger partial charge in [-0.25, -0.2) is 9.59 Å². The number of benzene rings is 2. The van der Waals surface area contributed by atoms with E-state index in [1.165, 1.54) is 0 Å². The van der Waals surface area contributed by atoms with Crippen LogP contribution in [0.3, 0.4) is 0 Å². The fraction of sp³-hybridized carbons (Fsp3) is 0.400. The summed E-state index contributed by atoms with van der Waals surface area (Å²) in [5.41, 5.74) is 4.57. The van der Waals surface area contributed by atoms with E-state index in [9.17, 15) is 19.5 Å². The molecule has 1 fully saturated rings. The van der Waals surface area contributed by atoms with Gasteiger partial charge in [0.05, 0.1) is 5.92 Å². The van der Waals surface area contributed by atoms with Gasteiger partial charge in [-0.1, -0.05) is 68.3 Å². The van der Waals surface area contributed by atoms with Crippen LogP contribution in [-0.4, -0.2) is 42.3 Å². The van der Waals surface area contributed by atoms with Gasteiger partial charge in [-0.05, 0) is 34.6 Å². The molecule has 2 aliphatic carbocycles. The Morgan fingerprint density at radius 2 is 1.62 bits per heavy atom. The maximum atomic E-state index is 12.3. The van der Waals surface area contributed by atoms with Crippen LogP contribution in [0.15, 0.2) is 48.5 Å². The Morgan fingerprint density at radius 3 is 2.19 bits per heavy atom. The van der Waals surface area contributed by atoms with Gasteiger partial charge in [0.2, 0.25) is 5.91 Å². The first-order valence-corrected chi connectivity index (χ1v) is 11.1. The summed E-state index contributed by atoms with van der Waals surface area (Å²) in [6, 6.07) is 15.3. The number of carbonyl (C=O) groups excluding carboxylic acids is 2. The summed E-state index contributed by atoms with van der Waals surface area (Å²) >= 11 is 0. The second-order valence-corrected chi connectivity index (χ2v) is 8.69. The van der Waals surface area contributed by atoms with Gasteiger partial charge in [0.15, 0.2) is 0 Å². The minimum Gasteiger partial charge on any atom is -0.480 e. The second-order valence-electron chi connectivity index (χ2n) is 8.69. The van der Waals surface area contributed by atoms with E-state index < -0.39 is 29.9 Å². The summed E-state index contributed by atoms with van der Waals surface area (Å²) in [6.07, 6.45) is 1.88. The van der Waals surface area contributed by atoms with Crippen molar-refractivity contribution >= 4 is 18.0 Å². The largest absolute Gasteiger partial charge is 0.480 e. The first-order valence-electron chi connectivity index (χ1n) is 11.1. The monoisotopic (exact) mass is 436 g/mol. The lowest BCUT2D eigenvalue weighted by Gasteiger charge is -2.18. The molecule has 2 aromatic carbocycles. The summed E-state index contributed by atoms with van der Waals surface area (Å²) in [5, 5.41) is 14.5. The number of aliphatic carboxylic acids is 1. The van der Waals surface area contributed by atoms with Gasteiger partial charge in [-0.3, -0.25) is 4.79 Å². The molecule has 0 bridgehead atoms. The molecule has 1 saturated carbocycles. The first kappa shape index (κ1) is 21.9. The molecule has 0 heterocycles. The number of carbonyl (C=O) groups is 3. The maximum absolute atomic E-state index is 12.3. The second kappa shape index (κ2) is 9.42. The number of rotatable bonds is 9. The summed E-state index contributed by atoms with van der Waals surface area (Å²) in [6.45, 7) is 1.91. The SMILES string of the molecule is CC(CNC(=O)OCC1c2ccccc2-c2ccccc21)C(=O)NC(CC1CC1)C(=O)O. The van der Waals surface area contributed by atoms with Crippen molar-refractivity contribution in [1.29, 1.82) is 0 Å². The van der Waals surface area contributed by atoms with E-state index >= 15 is 0 Å². The van der Waals surface area contributed by atoms with Crippen molar-refractivity contribution in [1.82, 2.24) is 10.6 Å². The molecule has 0 spiro atoms. The van der Waals surface area contributed by atoms with Gasteiger partial charge in [0, 0.05) is 12.5 Å².